The van der Waals surface area contributed by atoms with E-state index in [1.54, 1.807) is 48.5 Å². The van der Waals surface area contributed by atoms with Crippen molar-refractivity contribution >= 4 is 35.7 Å². The van der Waals surface area contributed by atoms with Crippen LogP contribution in [0.5, 0.6) is 0 Å². The molecule has 2 spiro atoms. The van der Waals surface area contributed by atoms with Gasteiger partial charge in [0.25, 0.3) is 0 Å². The van der Waals surface area contributed by atoms with Crippen LogP contribution in [0.4, 0.5) is 9.59 Å². The Morgan fingerprint density at radius 3 is 1.20 bits per heavy atom. The van der Waals surface area contributed by atoms with Gasteiger partial charge in [0.05, 0.1) is 0 Å². The van der Waals surface area contributed by atoms with E-state index in [1.165, 1.54) is 9.80 Å². The molecular weight excluding hydrogens is 821 g/mol. The molecule has 4 aliphatic rings. The number of benzene rings is 4. The Morgan fingerprint density at radius 2 is 0.844 bits per heavy atom. The van der Waals surface area contributed by atoms with Crippen LogP contribution in [0, 0.1) is 10.8 Å². The third kappa shape index (κ3) is 10.5. The Hall–Kier alpha value is -6.38. The van der Waals surface area contributed by atoms with E-state index in [4.69, 9.17) is 28.4 Å². The van der Waals surface area contributed by atoms with E-state index in [0.29, 0.717) is 89.2 Å². The van der Waals surface area contributed by atoms with E-state index in [9.17, 15) is 28.8 Å². The lowest BCUT2D eigenvalue weighted by Gasteiger charge is -2.32. The number of amides is 2. The van der Waals surface area contributed by atoms with E-state index >= 15 is 0 Å². The second-order valence-electron chi connectivity index (χ2n) is 17.2. The molecule has 0 N–H and O–H groups in total. The lowest BCUT2D eigenvalue weighted by Crippen LogP contribution is -2.42. The summed E-state index contributed by atoms with van der Waals surface area (Å²) in [6, 6.07) is 30.4. The van der Waals surface area contributed by atoms with Crippen molar-refractivity contribution in [2.75, 3.05) is 52.7 Å². The third-order valence-corrected chi connectivity index (χ3v) is 13.0. The van der Waals surface area contributed by atoms with Crippen molar-refractivity contribution in [2.24, 2.45) is 10.8 Å². The van der Waals surface area contributed by atoms with E-state index < -0.39 is 61.0 Å². The summed E-state index contributed by atoms with van der Waals surface area (Å²) in [5, 5.41) is 0. The summed E-state index contributed by atoms with van der Waals surface area (Å²) >= 11 is 0. The SMILES string of the molecule is O=C(COC(=O)[C@@H]1CC2(CCOCC2)CN1C(=O)OCc1ccccc1)c1ccc(-c2ccc(C(=O)COC(=O)[C@@H]3CC4(CCOCC4)CN3C(=O)OCc3ccccc3)cc2)cc1. The molecule has 14 nitrogen and oxygen atoms in total. The Bertz CT molecular complexity index is 2130. The molecule has 14 heteroatoms. The molecule has 334 valence electrons. The smallest absolute Gasteiger partial charge is 0.410 e. The molecule has 0 bridgehead atoms. The molecule has 0 saturated carbocycles. The molecule has 4 aromatic rings. The highest BCUT2D eigenvalue weighted by Gasteiger charge is 2.52. The highest BCUT2D eigenvalue weighted by atomic mass is 16.6. The summed E-state index contributed by atoms with van der Waals surface area (Å²) in [6.07, 6.45) is 2.40. The number of likely N-dealkylation sites (tertiary alicyclic amines) is 2. The quantitative estimate of drug-likeness (QED) is 0.0754. The van der Waals surface area contributed by atoms with Gasteiger partial charge in [-0.3, -0.25) is 19.4 Å². The highest BCUT2D eigenvalue weighted by molar-refractivity contribution is 6.00. The number of carbonyl (C=O) groups excluding carboxylic acids is 6. The predicted molar refractivity (Wildman–Crippen MR) is 231 cm³/mol. The van der Waals surface area contributed by atoms with Gasteiger partial charge in [-0.25, -0.2) is 19.2 Å². The number of ether oxygens (including phenoxy) is 6. The average Bonchev–Trinajstić information content (AvgIpc) is 3.90. The van der Waals surface area contributed by atoms with E-state index in [-0.39, 0.29) is 24.0 Å². The zero-order valence-corrected chi connectivity index (χ0v) is 35.7. The number of Topliss-reactive ketones (excluding diaryl/α,β-unsaturated/α-hetero) is 2. The summed E-state index contributed by atoms with van der Waals surface area (Å²) in [6.45, 7) is 1.99. The standard InChI is InChI=1S/C50H52N2O12/c53-43(31-61-45(55)41-27-49(19-23-59-24-20-49)33-51(41)47(57)63-29-35-7-3-1-4-8-35)39-15-11-37(12-16-39)38-13-17-40(18-14-38)44(54)32-62-46(56)42-28-50(21-25-60-26-22-50)34-52(42)48(58)64-30-36-9-5-2-6-10-36/h1-18,41-42H,19-34H2/t41-,42-/m0/s1. The number of hydrogen-bond donors (Lipinski definition) is 0. The molecule has 4 aromatic carbocycles. The van der Waals surface area contributed by atoms with E-state index in [0.717, 1.165) is 22.3 Å². The third-order valence-electron chi connectivity index (χ3n) is 13.0. The number of carbonyl (C=O) groups is 6. The minimum absolute atomic E-state index is 0.0668. The van der Waals surface area contributed by atoms with Crippen LogP contribution in [0.1, 0.15) is 70.4 Å². The molecule has 4 heterocycles. The van der Waals surface area contributed by atoms with Gasteiger partial charge in [-0.1, -0.05) is 109 Å². The van der Waals surface area contributed by atoms with Crippen LogP contribution in [-0.4, -0.2) is 110 Å². The van der Waals surface area contributed by atoms with Gasteiger partial charge >= 0.3 is 24.1 Å². The molecule has 0 radical (unpaired) electrons. The zero-order chi connectivity index (χ0) is 44.5. The first-order chi connectivity index (χ1) is 31.1. The lowest BCUT2D eigenvalue weighted by molar-refractivity contribution is -0.148. The van der Waals surface area contributed by atoms with E-state index in [2.05, 4.69) is 0 Å². The first-order valence-electron chi connectivity index (χ1n) is 21.8. The van der Waals surface area contributed by atoms with Crippen molar-refractivity contribution in [3.05, 3.63) is 131 Å². The molecule has 2 atom stereocenters. The maximum absolute atomic E-state index is 13.5. The number of rotatable bonds is 13. The van der Waals surface area contributed by atoms with Crippen molar-refractivity contribution in [3.8, 4) is 11.1 Å². The van der Waals surface area contributed by atoms with Crippen molar-refractivity contribution in [2.45, 2.75) is 63.8 Å². The Labute approximate surface area is 371 Å². The van der Waals surface area contributed by atoms with Crippen LogP contribution >= 0.6 is 0 Å². The van der Waals surface area contributed by atoms with Gasteiger partial charge in [0, 0.05) is 50.6 Å². The molecule has 0 aromatic heterocycles. The Balaban J connectivity index is 0.829. The van der Waals surface area contributed by atoms with Crippen LogP contribution in [0.3, 0.4) is 0 Å². The lowest BCUT2D eigenvalue weighted by atomic mass is 9.78. The fourth-order valence-electron chi connectivity index (χ4n) is 9.18. The Morgan fingerprint density at radius 1 is 0.484 bits per heavy atom. The molecule has 4 fully saturated rings. The summed E-state index contributed by atoms with van der Waals surface area (Å²) < 4.78 is 33.4. The minimum Gasteiger partial charge on any atom is -0.456 e. The summed E-state index contributed by atoms with van der Waals surface area (Å²) in [5.41, 5.74) is 3.30. The van der Waals surface area contributed by atoms with Gasteiger partial charge in [-0.2, -0.15) is 0 Å². The fraction of sp³-hybridized carbons (Fsp3) is 0.400. The van der Waals surface area contributed by atoms with Crippen LogP contribution in [0.2, 0.25) is 0 Å². The topological polar surface area (TPSA) is 164 Å². The number of esters is 2. The predicted octanol–water partition coefficient (Wildman–Crippen LogP) is 7.22. The fourth-order valence-corrected chi connectivity index (χ4v) is 9.18. The maximum atomic E-state index is 13.5. The summed E-state index contributed by atoms with van der Waals surface area (Å²) in [5.74, 6) is -2.12. The van der Waals surface area contributed by atoms with Crippen LogP contribution in [0.25, 0.3) is 11.1 Å². The Kier molecular flexibility index (Phi) is 13.8. The molecule has 0 unspecified atom stereocenters. The first kappa shape index (κ1) is 44.2. The maximum Gasteiger partial charge on any atom is 0.410 e. The highest BCUT2D eigenvalue weighted by Crippen LogP contribution is 2.45. The average molecular weight is 873 g/mol. The summed E-state index contributed by atoms with van der Waals surface area (Å²) in [4.78, 5) is 82.8. The largest absolute Gasteiger partial charge is 0.456 e. The second kappa shape index (κ2) is 20.0. The molecule has 0 aliphatic carbocycles. The van der Waals surface area contributed by atoms with Crippen molar-refractivity contribution in [1.29, 1.82) is 0 Å². The monoisotopic (exact) mass is 872 g/mol. The number of ketones is 2. The van der Waals surface area contributed by atoms with Crippen LogP contribution < -0.4 is 0 Å². The minimum atomic E-state index is -0.887. The van der Waals surface area contributed by atoms with Crippen LogP contribution in [-0.2, 0) is 51.2 Å². The molecule has 4 aliphatic heterocycles. The first-order valence-corrected chi connectivity index (χ1v) is 21.8. The molecule has 4 saturated heterocycles. The van der Waals surface area contributed by atoms with Crippen molar-refractivity contribution in [1.82, 2.24) is 9.80 Å². The van der Waals surface area contributed by atoms with Gasteiger partial charge in [-0.15, -0.1) is 0 Å². The summed E-state index contributed by atoms with van der Waals surface area (Å²) in [7, 11) is 0. The van der Waals surface area contributed by atoms with Crippen molar-refractivity contribution in [3.63, 3.8) is 0 Å². The molecule has 8 rings (SSSR count). The second-order valence-corrected chi connectivity index (χ2v) is 17.2. The van der Waals surface area contributed by atoms with Gasteiger partial charge in [0.1, 0.15) is 25.3 Å². The number of nitrogens with zero attached hydrogens (tertiary/aromatic N) is 2. The molecule has 64 heavy (non-hydrogen) atoms. The van der Waals surface area contributed by atoms with Gasteiger partial charge in [-0.05, 0) is 71.6 Å². The van der Waals surface area contributed by atoms with Crippen molar-refractivity contribution < 1.29 is 57.2 Å². The van der Waals surface area contributed by atoms with E-state index in [1.807, 2.05) is 60.7 Å². The van der Waals surface area contributed by atoms with Gasteiger partial charge in [0.2, 0.25) is 0 Å². The molecule has 2 amide bonds. The van der Waals surface area contributed by atoms with Gasteiger partial charge in [0.15, 0.2) is 24.8 Å². The normalized spacial score (nSPS) is 19.8. The van der Waals surface area contributed by atoms with Crippen LogP contribution in [0.15, 0.2) is 109 Å². The van der Waals surface area contributed by atoms with Gasteiger partial charge < -0.3 is 28.4 Å². The zero-order valence-electron chi connectivity index (χ0n) is 35.7. The molecular formula is C50H52N2O12. The number of hydrogen-bond acceptors (Lipinski definition) is 12.